The summed E-state index contributed by atoms with van der Waals surface area (Å²) in [5.74, 6) is -0.652. The fourth-order valence-electron chi connectivity index (χ4n) is 0.627. The highest BCUT2D eigenvalue weighted by Gasteiger charge is 2.23. The molecular formula is C7H5F3N2OS. The Morgan fingerprint density at radius 2 is 2.29 bits per heavy atom. The number of hydrogen-bond donors (Lipinski definition) is 1. The Bertz CT molecular complexity index is 331. The van der Waals surface area contributed by atoms with E-state index in [1.807, 2.05) is 0 Å². The summed E-state index contributed by atoms with van der Waals surface area (Å²) < 4.78 is 34.7. The highest BCUT2D eigenvalue weighted by molar-refractivity contribution is 7.12. The average Bonchev–Trinajstić information content (AvgIpc) is 2.53. The van der Waals surface area contributed by atoms with E-state index in [0.717, 1.165) is 11.3 Å². The van der Waals surface area contributed by atoms with E-state index in [4.69, 9.17) is 0 Å². The summed E-state index contributed by atoms with van der Waals surface area (Å²) in [6, 6.07) is 3.11. The standard InChI is InChI=1S/C7H5F3N2OS/c8-7(9,10)4-11-12-6(13)5-2-1-3-14-5/h1-4H,(H,12,13)/b11-4+. The molecule has 7 heteroatoms. The van der Waals surface area contributed by atoms with Gasteiger partial charge in [-0.05, 0) is 11.4 Å². The molecule has 0 aliphatic carbocycles. The van der Waals surface area contributed by atoms with Gasteiger partial charge in [0.15, 0.2) is 0 Å². The van der Waals surface area contributed by atoms with E-state index < -0.39 is 12.1 Å². The molecule has 1 amide bonds. The number of alkyl halides is 3. The normalized spacial score (nSPS) is 11.9. The van der Waals surface area contributed by atoms with Gasteiger partial charge in [-0.3, -0.25) is 4.79 Å². The van der Waals surface area contributed by atoms with Gasteiger partial charge in [0.05, 0.1) is 4.88 Å². The zero-order valence-corrected chi connectivity index (χ0v) is 7.52. The van der Waals surface area contributed by atoms with Crippen LogP contribution in [-0.4, -0.2) is 18.3 Å². The van der Waals surface area contributed by atoms with Crippen LogP contribution in [0.3, 0.4) is 0 Å². The number of thiophene rings is 1. The van der Waals surface area contributed by atoms with Crippen LogP contribution in [0.2, 0.25) is 0 Å². The lowest BCUT2D eigenvalue weighted by Crippen LogP contribution is -2.19. The van der Waals surface area contributed by atoms with Gasteiger partial charge in [0, 0.05) is 0 Å². The van der Waals surface area contributed by atoms with Crippen LogP contribution in [0.1, 0.15) is 9.67 Å². The first-order valence-corrected chi connectivity index (χ1v) is 4.32. The van der Waals surface area contributed by atoms with Gasteiger partial charge in [-0.1, -0.05) is 6.07 Å². The van der Waals surface area contributed by atoms with Crippen molar-refractivity contribution in [3.8, 4) is 0 Å². The van der Waals surface area contributed by atoms with Crippen LogP contribution in [0.25, 0.3) is 0 Å². The van der Waals surface area contributed by atoms with Gasteiger partial charge < -0.3 is 0 Å². The minimum absolute atomic E-state index is 0.279. The van der Waals surface area contributed by atoms with Crippen LogP contribution in [0, 0.1) is 0 Å². The molecule has 0 spiro atoms. The first-order valence-electron chi connectivity index (χ1n) is 3.44. The number of carbonyl (C=O) groups excluding carboxylic acids is 1. The molecular weight excluding hydrogens is 217 g/mol. The molecule has 1 aromatic heterocycles. The second-order valence-corrected chi connectivity index (χ2v) is 3.17. The minimum atomic E-state index is -4.51. The summed E-state index contributed by atoms with van der Waals surface area (Å²) in [6.45, 7) is 0. The van der Waals surface area contributed by atoms with Gasteiger partial charge >= 0.3 is 6.18 Å². The Balaban J connectivity index is 2.48. The second kappa shape index (κ2) is 4.23. The number of nitrogens with one attached hydrogen (secondary N) is 1. The van der Waals surface area contributed by atoms with Crippen molar-refractivity contribution >= 4 is 23.5 Å². The Labute approximate surface area is 81.2 Å². The zero-order valence-electron chi connectivity index (χ0n) is 6.71. The van der Waals surface area contributed by atoms with Crippen LogP contribution in [0.5, 0.6) is 0 Å². The maximum Gasteiger partial charge on any atom is 0.428 e. The zero-order chi connectivity index (χ0) is 10.6. The maximum absolute atomic E-state index is 11.6. The van der Waals surface area contributed by atoms with Crippen molar-refractivity contribution in [1.82, 2.24) is 5.43 Å². The Morgan fingerprint density at radius 3 is 2.79 bits per heavy atom. The molecule has 0 atom stereocenters. The van der Waals surface area contributed by atoms with E-state index in [-0.39, 0.29) is 6.21 Å². The molecule has 0 radical (unpaired) electrons. The Hall–Kier alpha value is -1.37. The topological polar surface area (TPSA) is 41.5 Å². The van der Waals surface area contributed by atoms with Crippen LogP contribution in [-0.2, 0) is 0 Å². The van der Waals surface area contributed by atoms with E-state index in [1.54, 1.807) is 16.9 Å². The van der Waals surface area contributed by atoms with Crippen molar-refractivity contribution < 1.29 is 18.0 Å². The van der Waals surface area contributed by atoms with E-state index in [9.17, 15) is 18.0 Å². The van der Waals surface area contributed by atoms with Gasteiger partial charge in [0.1, 0.15) is 6.21 Å². The quantitative estimate of drug-likeness (QED) is 0.603. The number of hydrazone groups is 1. The lowest BCUT2D eigenvalue weighted by atomic mass is 10.5. The third-order valence-corrected chi connectivity index (χ3v) is 1.99. The van der Waals surface area contributed by atoms with Gasteiger partial charge in [0.25, 0.3) is 5.91 Å². The summed E-state index contributed by atoms with van der Waals surface area (Å²) >= 11 is 1.12. The molecule has 0 fully saturated rings. The van der Waals surface area contributed by atoms with Crippen LogP contribution >= 0.6 is 11.3 Å². The number of halogens is 3. The number of hydrogen-bond acceptors (Lipinski definition) is 3. The molecule has 0 aliphatic heterocycles. The highest BCUT2D eigenvalue weighted by atomic mass is 32.1. The van der Waals surface area contributed by atoms with Crippen molar-refractivity contribution in [2.24, 2.45) is 5.10 Å². The molecule has 1 aromatic rings. The fourth-order valence-corrected chi connectivity index (χ4v) is 1.24. The van der Waals surface area contributed by atoms with Gasteiger partial charge in [0.2, 0.25) is 0 Å². The molecule has 0 saturated heterocycles. The smallest absolute Gasteiger partial charge is 0.266 e. The average molecular weight is 222 g/mol. The molecule has 0 aromatic carbocycles. The van der Waals surface area contributed by atoms with Gasteiger partial charge in [-0.2, -0.15) is 18.3 Å². The summed E-state index contributed by atoms with van der Waals surface area (Å²) in [4.78, 5) is 11.3. The molecule has 0 saturated carbocycles. The van der Waals surface area contributed by atoms with Gasteiger partial charge in [-0.15, -0.1) is 11.3 Å². The number of carbonyl (C=O) groups is 1. The maximum atomic E-state index is 11.6. The van der Waals surface area contributed by atoms with Crippen LogP contribution in [0.4, 0.5) is 13.2 Å². The van der Waals surface area contributed by atoms with E-state index >= 15 is 0 Å². The fraction of sp³-hybridized carbons (Fsp3) is 0.143. The van der Waals surface area contributed by atoms with Crippen LogP contribution < -0.4 is 5.43 Å². The first-order chi connectivity index (χ1) is 6.49. The SMILES string of the molecule is O=C(N/N=C/C(F)(F)F)c1cccs1. The summed E-state index contributed by atoms with van der Waals surface area (Å²) in [5.41, 5.74) is 1.76. The number of rotatable bonds is 2. The molecule has 0 aliphatic rings. The summed E-state index contributed by atoms with van der Waals surface area (Å²) in [7, 11) is 0. The van der Waals surface area contributed by atoms with Crippen molar-refractivity contribution in [2.75, 3.05) is 0 Å². The van der Waals surface area contributed by atoms with Crippen LogP contribution in [0.15, 0.2) is 22.6 Å². The predicted molar refractivity (Wildman–Crippen MR) is 46.3 cm³/mol. The van der Waals surface area contributed by atoms with Crippen molar-refractivity contribution in [1.29, 1.82) is 0 Å². The Kier molecular flexibility index (Phi) is 3.23. The van der Waals surface area contributed by atoms with E-state index in [2.05, 4.69) is 5.10 Å². The monoisotopic (exact) mass is 222 g/mol. The molecule has 76 valence electrons. The molecule has 3 nitrogen and oxygen atoms in total. The highest BCUT2D eigenvalue weighted by Crippen LogP contribution is 2.10. The predicted octanol–water partition coefficient (Wildman–Crippen LogP) is 2.03. The number of nitrogens with zero attached hydrogens (tertiary/aromatic N) is 1. The molecule has 0 bridgehead atoms. The van der Waals surface area contributed by atoms with E-state index in [0.29, 0.717) is 4.88 Å². The molecule has 14 heavy (non-hydrogen) atoms. The minimum Gasteiger partial charge on any atom is -0.266 e. The molecule has 1 N–H and O–H groups in total. The van der Waals surface area contributed by atoms with Crippen molar-refractivity contribution in [2.45, 2.75) is 6.18 Å². The van der Waals surface area contributed by atoms with Crippen molar-refractivity contribution in [3.05, 3.63) is 22.4 Å². The largest absolute Gasteiger partial charge is 0.428 e. The Morgan fingerprint density at radius 1 is 1.57 bits per heavy atom. The third kappa shape index (κ3) is 3.56. The molecule has 1 heterocycles. The van der Waals surface area contributed by atoms with Crippen molar-refractivity contribution in [3.63, 3.8) is 0 Å². The number of amides is 1. The molecule has 1 rings (SSSR count). The first kappa shape index (κ1) is 10.7. The van der Waals surface area contributed by atoms with E-state index in [1.165, 1.54) is 6.07 Å². The lowest BCUT2D eigenvalue weighted by Gasteiger charge is -1.97. The second-order valence-electron chi connectivity index (χ2n) is 2.22. The summed E-state index contributed by atoms with van der Waals surface area (Å²) in [6.07, 6.45) is -4.79. The summed E-state index contributed by atoms with van der Waals surface area (Å²) in [5, 5.41) is 4.40. The lowest BCUT2D eigenvalue weighted by molar-refractivity contribution is -0.0538. The third-order valence-electron chi connectivity index (χ3n) is 1.12. The van der Waals surface area contributed by atoms with Gasteiger partial charge in [-0.25, -0.2) is 5.43 Å². The molecule has 0 unspecified atom stereocenters.